The molecule has 0 saturated carbocycles. The Morgan fingerprint density at radius 2 is 2.26 bits per heavy atom. The normalized spacial score (nSPS) is 11.6. The summed E-state index contributed by atoms with van der Waals surface area (Å²) < 4.78 is 28.2. The fourth-order valence-electron chi connectivity index (χ4n) is 1.64. The first-order chi connectivity index (χ1) is 8.99. The number of aromatic nitrogens is 3. The maximum atomic E-state index is 12.0. The molecule has 2 rings (SSSR count). The van der Waals surface area contributed by atoms with Gasteiger partial charge in [0.05, 0.1) is 6.20 Å². The zero-order valence-electron chi connectivity index (χ0n) is 10.4. The molecule has 0 atom stereocenters. The third kappa shape index (κ3) is 3.30. The van der Waals surface area contributed by atoms with Crippen molar-refractivity contribution in [3.05, 3.63) is 36.3 Å². The Balaban J connectivity index is 2.01. The highest BCUT2D eigenvalue weighted by Crippen LogP contribution is 2.13. The predicted molar refractivity (Wildman–Crippen MR) is 70.7 cm³/mol. The largest absolute Gasteiger partial charge is 0.383 e. The summed E-state index contributed by atoms with van der Waals surface area (Å²) in [6.07, 6.45) is 5.55. The molecule has 102 valence electrons. The van der Waals surface area contributed by atoms with Crippen LogP contribution in [0.15, 0.2) is 35.6 Å². The molecule has 2 heterocycles. The minimum atomic E-state index is -3.62. The molecule has 0 radical (unpaired) electrons. The average Bonchev–Trinajstić information content (AvgIpc) is 2.75. The van der Waals surface area contributed by atoms with Crippen LogP contribution in [-0.2, 0) is 23.5 Å². The first-order valence-corrected chi connectivity index (χ1v) is 7.15. The van der Waals surface area contributed by atoms with E-state index in [2.05, 4.69) is 14.8 Å². The monoisotopic (exact) mass is 281 g/mol. The maximum Gasteiger partial charge on any atom is 0.244 e. The molecule has 0 aromatic carbocycles. The van der Waals surface area contributed by atoms with E-state index in [1.165, 1.54) is 18.3 Å². The second-order valence-corrected chi connectivity index (χ2v) is 5.79. The van der Waals surface area contributed by atoms with Crippen LogP contribution in [0.3, 0.4) is 0 Å². The Bertz CT molecular complexity index is 665. The van der Waals surface area contributed by atoms with Gasteiger partial charge in [-0.15, -0.1) is 0 Å². The average molecular weight is 281 g/mol. The highest BCUT2D eigenvalue weighted by molar-refractivity contribution is 7.89. The van der Waals surface area contributed by atoms with E-state index < -0.39 is 10.0 Å². The van der Waals surface area contributed by atoms with Crippen LogP contribution in [0.1, 0.15) is 5.56 Å². The number of hydrogen-bond acceptors (Lipinski definition) is 5. The number of rotatable bonds is 5. The van der Waals surface area contributed by atoms with E-state index in [1.807, 2.05) is 13.2 Å². The van der Waals surface area contributed by atoms with Crippen molar-refractivity contribution in [2.24, 2.45) is 7.05 Å². The highest BCUT2D eigenvalue weighted by atomic mass is 32.2. The Morgan fingerprint density at radius 1 is 1.47 bits per heavy atom. The summed E-state index contributed by atoms with van der Waals surface area (Å²) in [5.41, 5.74) is 6.51. The highest BCUT2D eigenvalue weighted by Gasteiger charge is 2.17. The van der Waals surface area contributed by atoms with E-state index >= 15 is 0 Å². The van der Waals surface area contributed by atoms with E-state index in [1.54, 1.807) is 10.9 Å². The number of nitrogens with one attached hydrogen (secondary N) is 1. The first kappa shape index (κ1) is 13.5. The lowest BCUT2D eigenvalue weighted by Gasteiger charge is -2.07. The van der Waals surface area contributed by atoms with Crippen molar-refractivity contribution in [3.8, 4) is 0 Å². The van der Waals surface area contributed by atoms with Gasteiger partial charge in [0.15, 0.2) is 0 Å². The van der Waals surface area contributed by atoms with Crippen LogP contribution in [0.4, 0.5) is 5.82 Å². The zero-order chi connectivity index (χ0) is 13.9. The van der Waals surface area contributed by atoms with Crippen LogP contribution in [0, 0.1) is 0 Å². The van der Waals surface area contributed by atoms with Gasteiger partial charge in [-0.05, 0) is 24.1 Å². The van der Waals surface area contributed by atoms with Gasteiger partial charge in [0.1, 0.15) is 10.7 Å². The first-order valence-electron chi connectivity index (χ1n) is 5.67. The third-order valence-electron chi connectivity index (χ3n) is 2.55. The van der Waals surface area contributed by atoms with Crippen LogP contribution < -0.4 is 10.5 Å². The summed E-state index contributed by atoms with van der Waals surface area (Å²) in [5.74, 6) is -0.00335. The number of nitrogen functional groups attached to an aromatic ring is 1. The fourth-order valence-corrected chi connectivity index (χ4v) is 2.75. The number of aryl methyl sites for hydroxylation is 1. The van der Waals surface area contributed by atoms with Crippen molar-refractivity contribution in [2.45, 2.75) is 11.3 Å². The number of pyridine rings is 1. The molecule has 0 bridgehead atoms. The van der Waals surface area contributed by atoms with Crippen molar-refractivity contribution in [2.75, 3.05) is 12.3 Å². The lowest BCUT2D eigenvalue weighted by atomic mass is 10.3. The molecule has 0 fully saturated rings. The third-order valence-corrected chi connectivity index (χ3v) is 4.06. The van der Waals surface area contributed by atoms with Crippen molar-refractivity contribution in [1.29, 1.82) is 0 Å². The van der Waals surface area contributed by atoms with Gasteiger partial charge in [-0.2, -0.15) is 5.10 Å². The predicted octanol–water partition coefficient (Wildman–Crippen LogP) is -0.0817. The van der Waals surface area contributed by atoms with Gasteiger partial charge in [-0.1, -0.05) is 0 Å². The summed E-state index contributed by atoms with van der Waals surface area (Å²) in [7, 11) is -1.81. The van der Waals surface area contributed by atoms with Crippen molar-refractivity contribution in [1.82, 2.24) is 19.5 Å². The molecule has 19 heavy (non-hydrogen) atoms. The molecule has 2 aromatic heterocycles. The van der Waals surface area contributed by atoms with Crippen LogP contribution in [-0.4, -0.2) is 29.7 Å². The molecule has 0 saturated heterocycles. The van der Waals surface area contributed by atoms with Gasteiger partial charge in [-0.25, -0.2) is 18.1 Å². The Labute approximate surface area is 111 Å². The second-order valence-electron chi connectivity index (χ2n) is 4.06. The summed E-state index contributed by atoms with van der Waals surface area (Å²) in [6.45, 7) is 0.280. The Kier molecular flexibility index (Phi) is 3.82. The molecular formula is C11H15N5O2S. The number of sulfonamides is 1. The van der Waals surface area contributed by atoms with Crippen LogP contribution in [0.5, 0.6) is 0 Å². The van der Waals surface area contributed by atoms with E-state index in [4.69, 9.17) is 5.73 Å². The van der Waals surface area contributed by atoms with E-state index in [9.17, 15) is 8.42 Å². The summed E-state index contributed by atoms with van der Waals surface area (Å²) >= 11 is 0. The zero-order valence-corrected chi connectivity index (χ0v) is 11.3. The van der Waals surface area contributed by atoms with Crippen molar-refractivity contribution >= 4 is 15.8 Å². The van der Waals surface area contributed by atoms with Crippen molar-refractivity contribution in [3.63, 3.8) is 0 Å². The molecule has 0 unspecified atom stereocenters. The van der Waals surface area contributed by atoms with Gasteiger partial charge in [0, 0.05) is 26.0 Å². The summed E-state index contributed by atoms with van der Waals surface area (Å²) in [6, 6.07) is 2.96. The Hall–Kier alpha value is -1.93. The minimum absolute atomic E-state index is 0.00110. The van der Waals surface area contributed by atoms with Gasteiger partial charge in [-0.3, -0.25) is 4.68 Å². The lowest BCUT2D eigenvalue weighted by molar-refractivity contribution is 0.581. The molecule has 0 aliphatic carbocycles. The summed E-state index contributed by atoms with van der Waals surface area (Å²) in [5, 5.41) is 4.01. The molecule has 3 N–H and O–H groups in total. The quantitative estimate of drug-likeness (QED) is 0.798. The lowest BCUT2D eigenvalue weighted by Crippen LogP contribution is -2.26. The molecule has 7 nitrogen and oxygen atoms in total. The standard InChI is InChI=1S/C11H15N5O2S/c1-16-8-9(7-14-16)4-6-15-19(17,18)10-3-2-5-13-11(10)12/h2-3,5,7-8,15H,4,6H2,1H3,(H2,12,13). The molecule has 8 heteroatoms. The van der Waals surface area contributed by atoms with E-state index in [0.29, 0.717) is 6.42 Å². The molecule has 0 aliphatic rings. The molecule has 2 aromatic rings. The smallest absolute Gasteiger partial charge is 0.244 e. The number of anilines is 1. The minimum Gasteiger partial charge on any atom is -0.383 e. The number of hydrogen-bond donors (Lipinski definition) is 2. The Morgan fingerprint density at radius 3 is 2.89 bits per heavy atom. The van der Waals surface area contributed by atoms with E-state index in [0.717, 1.165) is 5.56 Å². The SMILES string of the molecule is Cn1cc(CCNS(=O)(=O)c2cccnc2N)cn1. The van der Waals surface area contributed by atoms with Gasteiger partial charge in [0.25, 0.3) is 0 Å². The second kappa shape index (κ2) is 5.37. The van der Waals surface area contributed by atoms with E-state index in [-0.39, 0.29) is 17.3 Å². The van der Waals surface area contributed by atoms with Crippen LogP contribution in [0.25, 0.3) is 0 Å². The molecule has 0 spiro atoms. The summed E-state index contributed by atoms with van der Waals surface area (Å²) in [4.78, 5) is 3.76. The molecular weight excluding hydrogens is 266 g/mol. The molecule has 0 aliphatic heterocycles. The maximum absolute atomic E-state index is 12.0. The topological polar surface area (TPSA) is 103 Å². The molecule has 0 amide bonds. The fraction of sp³-hybridized carbons (Fsp3) is 0.273. The number of nitrogens with zero attached hydrogens (tertiary/aromatic N) is 3. The van der Waals surface area contributed by atoms with Crippen molar-refractivity contribution < 1.29 is 8.42 Å². The van der Waals surface area contributed by atoms with Crippen LogP contribution in [0.2, 0.25) is 0 Å². The van der Waals surface area contributed by atoms with Gasteiger partial charge >= 0.3 is 0 Å². The van der Waals surface area contributed by atoms with Crippen LogP contribution >= 0.6 is 0 Å². The van der Waals surface area contributed by atoms with Gasteiger partial charge < -0.3 is 5.73 Å². The number of nitrogens with two attached hydrogens (primary N) is 1. The van der Waals surface area contributed by atoms with Gasteiger partial charge in [0.2, 0.25) is 10.0 Å².